The lowest BCUT2D eigenvalue weighted by Gasteiger charge is -2.28. The van der Waals surface area contributed by atoms with Crippen LogP contribution in [0.4, 0.5) is 4.39 Å². The standard InChI is InChI=1S/C16H26FN/c1-12(16(3,4)5)11-18-13(2)9-14-7-6-8-15(17)10-14/h6-8,10,12-13,18H,9,11H2,1-5H3. The summed E-state index contributed by atoms with van der Waals surface area (Å²) in [5.74, 6) is 0.468. The maximum absolute atomic E-state index is 13.1. The van der Waals surface area contributed by atoms with E-state index in [0.717, 1.165) is 18.5 Å². The van der Waals surface area contributed by atoms with Crippen LogP contribution < -0.4 is 5.32 Å². The summed E-state index contributed by atoms with van der Waals surface area (Å²) < 4.78 is 13.1. The van der Waals surface area contributed by atoms with Crippen LogP contribution in [-0.2, 0) is 6.42 Å². The molecule has 1 aromatic rings. The Morgan fingerprint density at radius 2 is 1.89 bits per heavy atom. The normalized spacial score (nSPS) is 15.4. The van der Waals surface area contributed by atoms with Crippen molar-refractivity contribution in [1.82, 2.24) is 5.32 Å². The molecule has 1 aromatic carbocycles. The minimum atomic E-state index is -0.150. The molecule has 0 bridgehead atoms. The van der Waals surface area contributed by atoms with Gasteiger partial charge in [-0.25, -0.2) is 4.39 Å². The Bertz CT molecular complexity index is 368. The third-order valence-corrected chi connectivity index (χ3v) is 3.68. The summed E-state index contributed by atoms with van der Waals surface area (Å²) >= 11 is 0. The largest absolute Gasteiger partial charge is 0.314 e. The van der Waals surface area contributed by atoms with Crippen LogP contribution in [-0.4, -0.2) is 12.6 Å². The van der Waals surface area contributed by atoms with Crippen LogP contribution in [0.25, 0.3) is 0 Å². The Balaban J connectivity index is 2.41. The molecule has 0 saturated carbocycles. The lowest BCUT2D eigenvalue weighted by Crippen LogP contribution is -2.36. The highest BCUT2D eigenvalue weighted by Gasteiger charge is 2.20. The van der Waals surface area contributed by atoms with Crippen molar-refractivity contribution in [3.8, 4) is 0 Å². The van der Waals surface area contributed by atoms with E-state index in [9.17, 15) is 4.39 Å². The van der Waals surface area contributed by atoms with Crippen molar-refractivity contribution < 1.29 is 4.39 Å². The Morgan fingerprint density at radius 3 is 2.44 bits per heavy atom. The van der Waals surface area contributed by atoms with Crippen molar-refractivity contribution >= 4 is 0 Å². The molecule has 0 amide bonds. The lowest BCUT2D eigenvalue weighted by molar-refractivity contribution is 0.246. The maximum Gasteiger partial charge on any atom is 0.123 e. The molecule has 0 aliphatic carbocycles. The van der Waals surface area contributed by atoms with Gasteiger partial charge < -0.3 is 5.32 Å². The predicted octanol–water partition coefficient (Wildman–Crippen LogP) is 4.03. The first-order valence-corrected chi connectivity index (χ1v) is 6.77. The molecule has 0 radical (unpaired) electrons. The van der Waals surface area contributed by atoms with E-state index in [-0.39, 0.29) is 5.82 Å². The van der Waals surface area contributed by atoms with Gasteiger partial charge in [-0.1, -0.05) is 39.8 Å². The number of nitrogens with one attached hydrogen (secondary N) is 1. The van der Waals surface area contributed by atoms with Crippen molar-refractivity contribution in [3.05, 3.63) is 35.6 Å². The topological polar surface area (TPSA) is 12.0 Å². The summed E-state index contributed by atoms with van der Waals surface area (Å²) in [6.45, 7) is 12.2. The van der Waals surface area contributed by atoms with Gasteiger partial charge in [0.2, 0.25) is 0 Å². The molecule has 2 atom stereocenters. The summed E-state index contributed by atoms with van der Waals surface area (Å²) in [6.07, 6.45) is 0.870. The maximum atomic E-state index is 13.1. The quantitative estimate of drug-likeness (QED) is 0.833. The van der Waals surface area contributed by atoms with Crippen molar-refractivity contribution in [2.45, 2.75) is 47.1 Å². The molecule has 18 heavy (non-hydrogen) atoms. The molecule has 0 saturated heterocycles. The summed E-state index contributed by atoms with van der Waals surface area (Å²) in [5.41, 5.74) is 1.38. The predicted molar refractivity (Wildman–Crippen MR) is 76.2 cm³/mol. The van der Waals surface area contributed by atoms with Gasteiger partial charge in [0.1, 0.15) is 5.82 Å². The summed E-state index contributed by atoms with van der Waals surface area (Å²) in [6, 6.07) is 7.23. The average molecular weight is 251 g/mol. The van der Waals surface area contributed by atoms with E-state index in [1.54, 1.807) is 12.1 Å². The van der Waals surface area contributed by atoms with Crippen molar-refractivity contribution in [2.75, 3.05) is 6.54 Å². The smallest absolute Gasteiger partial charge is 0.123 e. The molecule has 2 unspecified atom stereocenters. The van der Waals surface area contributed by atoms with Crippen LogP contribution in [0.5, 0.6) is 0 Å². The number of rotatable bonds is 5. The minimum Gasteiger partial charge on any atom is -0.314 e. The van der Waals surface area contributed by atoms with Gasteiger partial charge in [-0.05, 0) is 48.9 Å². The van der Waals surface area contributed by atoms with E-state index >= 15 is 0 Å². The molecule has 0 aliphatic rings. The third-order valence-electron chi connectivity index (χ3n) is 3.68. The monoisotopic (exact) mass is 251 g/mol. The Hall–Kier alpha value is -0.890. The number of hydrogen-bond acceptors (Lipinski definition) is 1. The molecule has 1 nitrogen and oxygen atoms in total. The fraction of sp³-hybridized carbons (Fsp3) is 0.625. The Kier molecular flexibility index (Phi) is 5.33. The molecule has 1 rings (SSSR count). The van der Waals surface area contributed by atoms with Crippen molar-refractivity contribution in [1.29, 1.82) is 0 Å². The fourth-order valence-electron chi connectivity index (χ4n) is 1.77. The van der Waals surface area contributed by atoms with E-state index in [4.69, 9.17) is 0 Å². The van der Waals surface area contributed by atoms with Gasteiger partial charge in [0.05, 0.1) is 0 Å². The first-order valence-electron chi connectivity index (χ1n) is 6.77. The second-order valence-electron chi connectivity index (χ2n) is 6.41. The van der Waals surface area contributed by atoms with Gasteiger partial charge in [0.25, 0.3) is 0 Å². The Labute approximate surface area is 111 Å². The van der Waals surface area contributed by atoms with Gasteiger partial charge in [0.15, 0.2) is 0 Å². The average Bonchev–Trinajstić information content (AvgIpc) is 2.24. The SMILES string of the molecule is CC(Cc1cccc(F)c1)NCC(C)C(C)(C)C. The molecular formula is C16H26FN. The number of benzene rings is 1. The molecule has 0 fully saturated rings. The van der Waals surface area contributed by atoms with Gasteiger partial charge in [-0.15, -0.1) is 0 Å². The zero-order chi connectivity index (χ0) is 13.8. The lowest BCUT2D eigenvalue weighted by atomic mass is 9.82. The summed E-state index contributed by atoms with van der Waals surface area (Å²) in [7, 11) is 0. The first-order chi connectivity index (χ1) is 8.29. The van der Waals surface area contributed by atoms with Crippen LogP contribution >= 0.6 is 0 Å². The highest BCUT2D eigenvalue weighted by molar-refractivity contribution is 5.17. The first kappa shape index (κ1) is 15.2. The molecule has 2 heteroatoms. The molecule has 102 valence electrons. The van der Waals surface area contributed by atoms with Gasteiger partial charge in [0, 0.05) is 6.04 Å². The molecule has 1 N–H and O–H groups in total. The van der Waals surface area contributed by atoms with Crippen LogP contribution in [0.2, 0.25) is 0 Å². The highest BCUT2D eigenvalue weighted by Crippen LogP contribution is 2.24. The second-order valence-corrected chi connectivity index (χ2v) is 6.41. The van der Waals surface area contributed by atoms with E-state index in [0.29, 0.717) is 17.4 Å². The van der Waals surface area contributed by atoms with E-state index in [2.05, 4.69) is 39.9 Å². The van der Waals surface area contributed by atoms with Crippen molar-refractivity contribution in [3.63, 3.8) is 0 Å². The van der Waals surface area contributed by atoms with Gasteiger partial charge in [-0.2, -0.15) is 0 Å². The van der Waals surface area contributed by atoms with E-state index < -0.39 is 0 Å². The Morgan fingerprint density at radius 1 is 1.22 bits per heavy atom. The van der Waals surface area contributed by atoms with Crippen LogP contribution in [0.1, 0.15) is 40.2 Å². The summed E-state index contributed by atoms with van der Waals surface area (Å²) in [5, 5.41) is 3.53. The van der Waals surface area contributed by atoms with Crippen LogP contribution in [0.15, 0.2) is 24.3 Å². The molecular weight excluding hydrogens is 225 g/mol. The van der Waals surface area contributed by atoms with Gasteiger partial charge in [-0.3, -0.25) is 0 Å². The summed E-state index contributed by atoms with van der Waals surface area (Å²) in [4.78, 5) is 0. The second kappa shape index (κ2) is 6.33. The molecule has 0 spiro atoms. The molecule has 0 aromatic heterocycles. The highest BCUT2D eigenvalue weighted by atomic mass is 19.1. The fourth-order valence-corrected chi connectivity index (χ4v) is 1.77. The van der Waals surface area contributed by atoms with E-state index in [1.165, 1.54) is 6.07 Å². The van der Waals surface area contributed by atoms with Crippen molar-refractivity contribution in [2.24, 2.45) is 11.3 Å². The molecule has 0 aliphatic heterocycles. The van der Waals surface area contributed by atoms with Crippen LogP contribution in [0, 0.1) is 17.2 Å². The third kappa shape index (κ3) is 5.18. The van der Waals surface area contributed by atoms with E-state index in [1.807, 2.05) is 6.07 Å². The van der Waals surface area contributed by atoms with Gasteiger partial charge >= 0.3 is 0 Å². The van der Waals surface area contributed by atoms with Crippen LogP contribution in [0.3, 0.4) is 0 Å². The molecule has 0 heterocycles. The zero-order valence-electron chi connectivity index (χ0n) is 12.3. The zero-order valence-corrected chi connectivity index (χ0v) is 12.3. The number of hydrogen-bond donors (Lipinski definition) is 1. The number of halogens is 1. The minimum absolute atomic E-state index is 0.150.